The fourth-order valence-electron chi connectivity index (χ4n) is 1.90. The highest BCUT2D eigenvalue weighted by molar-refractivity contribution is 7.92. The number of ether oxygens (including phenoxy) is 1. The maximum absolute atomic E-state index is 12.6. The summed E-state index contributed by atoms with van der Waals surface area (Å²) in [6.45, 7) is 0. The van der Waals surface area contributed by atoms with Gasteiger partial charge in [0.2, 0.25) is 0 Å². The number of sulfonamides is 1. The van der Waals surface area contributed by atoms with E-state index in [4.69, 9.17) is 17.3 Å². The van der Waals surface area contributed by atoms with Gasteiger partial charge in [-0.2, -0.15) is 0 Å². The summed E-state index contributed by atoms with van der Waals surface area (Å²) in [6, 6.07) is 8.52. The number of hydrogen-bond donors (Lipinski definition) is 1. The number of para-hydroxylation sites is 2. The Bertz CT molecular complexity index is 857. The van der Waals surface area contributed by atoms with Crippen LogP contribution in [0, 0.1) is 0 Å². The predicted molar refractivity (Wildman–Crippen MR) is 84.6 cm³/mol. The van der Waals surface area contributed by atoms with Crippen LogP contribution in [-0.2, 0) is 10.0 Å². The van der Waals surface area contributed by atoms with Gasteiger partial charge >= 0.3 is 6.36 Å². The summed E-state index contributed by atoms with van der Waals surface area (Å²) in [5.41, 5.74) is 5.34. The van der Waals surface area contributed by atoms with Crippen LogP contribution in [0.5, 0.6) is 5.75 Å². The van der Waals surface area contributed by atoms with E-state index >= 15 is 0 Å². The molecule has 5 nitrogen and oxygen atoms in total. The minimum Gasteiger partial charge on any atom is -0.404 e. The number of anilines is 2. The number of nitrogen functional groups attached to an aromatic ring is 1. The predicted octanol–water partition coefficient (Wildman–Crippen LogP) is 3.65. The van der Waals surface area contributed by atoms with Gasteiger partial charge in [0.05, 0.1) is 21.3 Å². The third kappa shape index (κ3) is 3.85. The minimum absolute atomic E-state index is 0.0333. The number of rotatable bonds is 4. The first-order valence-electron chi connectivity index (χ1n) is 6.41. The molecule has 10 heteroatoms. The second-order valence-corrected chi connectivity index (χ2v) is 7.05. The van der Waals surface area contributed by atoms with Crippen LogP contribution >= 0.6 is 11.6 Å². The highest BCUT2D eigenvalue weighted by Gasteiger charge is 2.34. The largest absolute Gasteiger partial charge is 0.573 e. The maximum atomic E-state index is 12.6. The van der Waals surface area contributed by atoms with Crippen molar-refractivity contribution in [1.82, 2.24) is 0 Å². The first kappa shape index (κ1) is 18.2. The van der Waals surface area contributed by atoms with Crippen molar-refractivity contribution < 1.29 is 26.3 Å². The molecule has 0 bridgehead atoms. The molecule has 0 aliphatic rings. The first-order chi connectivity index (χ1) is 11.0. The molecule has 0 saturated heterocycles. The molecular formula is C14H12ClF3N2O3S. The number of hydrogen-bond acceptors (Lipinski definition) is 4. The summed E-state index contributed by atoms with van der Waals surface area (Å²) in [5.74, 6) is -0.641. The van der Waals surface area contributed by atoms with Crippen LogP contribution in [0.1, 0.15) is 0 Å². The zero-order chi connectivity index (χ0) is 18.1. The van der Waals surface area contributed by atoms with E-state index in [1.165, 1.54) is 30.3 Å². The molecule has 2 rings (SSSR count). The molecule has 0 aliphatic heterocycles. The Labute approximate surface area is 141 Å². The van der Waals surface area contributed by atoms with Crippen molar-refractivity contribution in [2.45, 2.75) is 11.3 Å². The summed E-state index contributed by atoms with van der Waals surface area (Å²) in [4.78, 5) is -0.214. The zero-order valence-corrected chi connectivity index (χ0v) is 13.8. The summed E-state index contributed by atoms with van der Waals surface area (Å²) in [7, 11) is -3.05. The lowest BCUT2D eigenvalue weighted by atomic mass is 10.3. The Kier molecular flexibility index (Phi) is 4.86. The van der Waals surface area contributed by atoms with Crippen molar-refractivity contribution in [2.24, 2.45) is 0 Å². The Morgan fingerprint density at radius 2 is 1.79 bits per heavy atom. The van der Waals surface area contributed by atoms with E-state index in [2.05, 4.69) is 4.74 Å². The number of halogens is 4. The summed E-state index contributed by atoms with van der Waals surface area (Å²) in [5, 5.41) is 0.164. The van der Waals surface area contributed by atoms with E-state index in [1.54, 1.807) is 0 Å². The van der Waals surface area contributed by atoms with Crippen LogP contribution in [0.3, 0.4) is 0 Å². The lowest BCUT2D eigenvalue weighted by Gasteiger charge is -2.22. The van der Waals surface area contributed by atoms with Gasteiger partial charge in [-0.15, -0.1) is 13.2 Å². The SMILES string of the molecule is CN(c1ccccc1OC(F)(F)F)S(=O)(=O)c1ccc(Cl)c(N)c1. The molecule has 0 unspecified atom stereocenters. The molecular weight excluding hydrogens is 369 g/mol. The molecule has 0 spiro atoms. The van der Waals surface area contributed by atoms with Gasteiger partial charge in [0, 0.05) is 7.05 Å². The quantitative estimate of drug-likeness (QED) is 0.822. The van der Waals surface area contributed by atoms with Crippen molar-refractivity contribution in [3.05, 3.63) is 47.5 Å². The third-order valence-electron chi connectivity index (χ3n) is 3.06. The van der Waals surface area contributed by atoms with Gasteiger partial charge in [0.15, 0.2) is 5.75 Å². The Morgan fingerprint density at radius 3 is 2.38 bits per heavy atom. The lowest BCUT2D eigenvalue weighted by molar-refractivity contribution is -0.274. The van der Waals surface area contributed by atoms with E-state index in [-0.39, 0.29) is 21.3 Å². The molecule has 0 heterocycles. The van der Waals surface area contributed by atoms with Crippen molar-refractivity contribution in [3.63, 3.8) is 0 Å². The fourth-order valence-corrected chi connectivity index (χ4v) is 3.26. The van der Waals surface area contributed by atoms with Gasteiger partial charge in [0.25, 0.3) is 10.0 Å². The van der Waals surface area contributed by atoms with Gasteiger partial charge in [0.1, 0.15) is 0 Å². The second kappa shape index (κ2) is 6.40. The average molecular weight is 381 g/mol. The van der Waals surface area contributed by atoms with E-state index in [9.17, 15) is 21.6 Å². The van der Waals surface area contributed by atoms with Crippen LogP contribution in [0.15, 0.2) is 47.4 Å². The molecule has 0 radical (unpaired) electrons. The fraction of sp³-hybridized carbons (Fsp3) is 0.143. The molecule has 0 atom stereocenters. The Balaban J connectivity index is 2.47. The van der Waals surface area contributed by atoms with Crippen molar-refractivity contribution >= 4 is 33.0 Å². The van der Waals surface area contributed by atoms with Gasteiger partial charge in [-0.05, 0) is 30.3 Å². The normalized spacial score (nSPS) is 12.0. The molecule has 24 heavy (non-hydrogen) atoms. The molecule has 0 amide bonds. The Morgan fingerprint density at radius 1 is 1.17 bits per heavy atom. The van der Waals surface area contributed by atoms with Crippen molar-refractivity contribution in [1.29, 1.82) is 0 Å². The first-order valence-corrected chi connectivity index (χ1v) is 8.23. The van der Waals surface area contributed by atoms with Gasteiger partial charge < -0.3 is 10.5 Å². The van der Waals surface area contributed by atoms with E-state index in [1.807, 2.05) is 0 Å². The number of alkyl halides is 3. The molecule has 0 saturated carbocycles. The van der Waals surface area contributed by atoms with Crippen LogP contribution in [-0.4, -0.2) is 21.8 Å². The number of nitrogens with two attached hydrogens (primary N) is 1. The average Bonchev–Trinajstić information content (AvgIpc) is 2.48. The molecule has 2 N–H and O–H groups in total. The van der Waals surface area contributed by atoms with E-state index in [0.29, 0.717) is 4.31 Å². The van der Waals surface area contributed by atoms with Gasteiger partial charge in [-0.1, -0.05) is 23.7 Å². The van der Waals surface area contributed by atoms with Gasteiger partial charge in [-0.3, -0.25) is 4.31 Å². The van der Waals surface area contributed by atoms with E-state index in [0.717, 1.165) is 19.2 Å². The van der Waals surface area contributed by atoms with Gasteiger partial charge in [-0.25, -0.2) is 8.42 Å². The lowest BCUT2D eigenvalue weighted by Crippen LogP contribution is -2.28. The summed E-state index contributed by atoms with van der Waals surface area (Å²) < 4.78 is 67.2. The van der Waals surface area contributed by atoms with E-state index < -0.39 is 22.1 Å². The second-order valence-electron chi connectivity index (χ2n) is 4.67. The molecule has 0 fully saturated rings. The standard InChI is InChI=1S/C14H12ClF3N2O3S/c1-20(12-4-2-3-5-13(12)23-14(16,17)18)24(21,22)9-6-7-10(15)11(19)8-9/h2-8H,19H2,1H3. The Hall–Kier alpha value is -2.13. The minimum atomic E-state index is -4.95. The molecule has 130 valence electrons. The molecule has 2 aromatic rings. The van der Waals surface area contributed by atoms with Crippen LogP contribution in [0.4, 0.5) is 24.5 Å². The highest BCUT2D eigenvalue weighted by Crippen LogP contribution is 2.35. The summed E-state index contributed by atoms with van der Waals surface area (Å²) in [6.07, 6.45) is -4.95. The highest BCUT2D eigenvalue weighted by atomic mass is 35.5. The summed E-state index contributed by atoms with van der Waals surface area (Å²) >= 11 is 5.75. The van der Waals surface area contributed by atoms with Crippen LogP contribution in [0.2, 0.25) is 5.02 Å². The topological polar surface area (TPSA) is 72.6 Å². The smallest absolute Gasteiger partial charge is 0.404 e. The molecule has 2 aromatic carbocycles. The molecule has 0 aromatic heterocycles. The number of nitrogens with zero attached hydrogens (tertiary/aromatic N) is 1. The third-order valence-corrected chi connectivity index (χ3v) is 5.17. The zero-order valence-electron chi connectivity index (χ0n) is 12.2. The van der Waals surface area contributed by atoms with Crippen molar-refractivity contribution in [2.75, 3.05) is 17.1 Å². The van der Waals surface area contributed by atoms with Crippen LogP contribution < -0.4 is 14.8 Å². The molecule has 0 aliphatic carbocycles. The maximum Gasteiger partial charge on any atom is 0.573 e. The monoisotopic (exact) mass is 380 g/mol. The number of benzene rings is 2. The van der Waals surface area contributed by atoms with Crippen LogP contribution in [0.25, 0.3) is 0 Å². The van der Waals surface area contributed by atoms with Crippen molar-refractivity contribution in [3.8, 4) is 5.75 Å².